The number of methoxy groups -OCH3 is 2. The normalized spacial score (nSPS) is 10.4. The van der Waals surface area contributed by atoms with Gasteiger partial charge in [0.05, 0.1) is 14.2 Å². The van der Waals surface area contributed by atoms with E-state index >= 15 is 0 Å². The highest BCUT2D eigenvalue weighted by molar-refractivity contribution is 5.92. The highest BCUT2D eigenvalue weighted by Gasteiger charge is 2.14. The summed E-state index contributed by atoms with van der Waals surface area (Å²) in [5, 5.41) is 14.8. The molecule has 0 spiro atoms. The Hall–Kier alpha value is -3.75. The van der Waals surface area contributed by atoms with E-state index in [1.165, 1.54) is 19.0 Å². The molecule has 0 aliphatic heterocycles. The molecule has 9 heteroatoms. The molecule has 0 aliphatic carbocycles. The van der Waals surface area contributed by atoms with Gasteiger partial charge in [0.25, 0.3) is 0 Å². The van der Waals surface area contributed by atoms with E-state index in [0.717, 1.165) is 11.1 Å². The van der Waals surface area contributed by atoms with Crippen LogP contribution in [0.5, 0.6) is 5.75 Å². The molecule has 0 unspecified atom stereocenters. The summed E-state index contributed by atoms with van der Waals surface area (Å²) in [6.45, 7) is 0.160. The lowest BCUT2D eigenvalue weighted by atomic mass is 10.1. The van der Waals surface area contributed by atoms with Gasteiger partial charge in [-0.2, -0.15) is 4.80 Å². The van der Waals surface area contributed by atoms with Crippen LogP contribution in [0.1, 0.15) is 15.9 Å². The summed E-state index contributed by atoms with van der Waals surface area (Å²) in [6.07, 6.45) is 0. The zero-order valence-electron chi connectivity index (χ0n) is 15.5. The summed E-state index contributed by atoms with van der Waals surface area (Å²) in [4.78, 5) is 25.2. The lowest BCUT2D eigenvalue weighted by molar-refractivity contribution is -0.122. The van der Waals surface area contributed by atoms with Gasteiger partial charge in [-0.1, -0.05) is 36.4 Å². The van der Waals surface area contributed by atoms with E-state index in [2.05, 4.69) is 20.7 Å². The van der Waals surface area contributed by atoms with Gasteiger partial charge in [0.15, 0.2) is 0 Å². The predicted molar refractivity (Wildman–Crippen MR) is 99.4 cm³/mol. The molecule has 0 fully saturated rings. The van der Waals surface area contributed by atoms with Crippen molar-refractivity contribution in [3.05, 3.63) is 59.7 Å². The lowest BCUT2D eigenvalue weighted by Gasteiger charge is -2.10. The number of ether oxygens (including phenoxy) is 2. The first kappa shape index (κ1) is 19.0. The van der Waals surface area contributed by atoms with Gasteiger partial charge in [0.2, 0.25) is 11.7 Å². The van der Waals surface area contributed by atoms with Crippen LogP contribution in [0, 0.1) is 0 Å². The quantitative estimate of drug-likeness (QED) is 0.617. The number of nitrogens with zero attached hydrogens (tertiary/aromatic N) is 4. The van der Waals surface area contributed by atoms with Crippen molar-refractivity contribution in [2.75, 3.05) is 14.2 Å². The second kappa shape index (κ2) is 8.76. The molecule has 0 atom stereocenters. The highest BCUT2D eigenvalue weighted by atomic mass is 16.5. The zero-order valence-corrected chi connectivity index (χ0v) is 15.5. The topological polar surface area (TPSA) is 108 Å². The summed E-state index contributed by atoms with van der Waals surface area (Å²) in [6, 6.07) is 14.4. The minimum Gasteiger partial charge on any atom is -0.496 e. The summed E-state index contributed by atoms with van der Waals surface area (Å²) in [5.74, 6) is 0.0613. The highest BCUT2D eigenvalue weighted by Crippen LogP contribution is 2.20. The van der Waals surface area contributed by atoms with Crippen molar-refractivity contribution in [3.8, 4) is 17.1 Å². The molecule has 0 aliphatic rings. The number of carbonyl (C=O) groups excluding carboxylic acids is 2. The second-order valence-electron chi connectivity index (χ2n) is 5.81. The summed E-state index contributed by atoms with van der Waals surface area (Å²) >= 11 is 0. The molecule has 1 amide bonds. The van der Waals surface area contributed by atoms with Crippen LogP contribution >= 0.6 is 0 Å². The zero-order chi connectivity index (χ0) is 19.9. The van der Waals surface area contributed by atoms with E-state index in [1.807, 2.05) is 30.3 Å². The maximum atomic E-state index is 12.2. The monoisotopic (exact) mass is 381 g/mol. The van der Waals surface area contributed by atoms with Crippen LogP contribution < -0.4 is 10.1 Å². The molecule has 3 rings (SSSR count). The standard InChI is InChI=1S/C19H19N5O4/c1-27-16-9-8-13(10-15(16)19(26)28-2)11-20-17(25)12-24-22-18(21-23-24)14-6-4-3-5-7-14/h3-10H,11-12H2,1-2H3,(H,20,25). The van der Waals surface area contributed by atoms with Gasteiger partial charge in [-0.05, 0) is 22.9 Å². The number of amides is 1. The molecule has 1 heterocycles. The average molecular weight is 381 g/mol. The van der Waals surface area contributed by atoms with Gasteiger partial charge < -0.3 is 14.8 Å². The number of rotatable bonds is 7. The van der Waals surface area contributed by atoms with Crippen molar-refractivity contribution in [1.29, 1.82) is 0 Å². The molecule has 2 aromatic carbocycles. The Kier molecular flexibility index (Phi) is 5.95. The molecular weight excluding hydrogens is 362 g/mol. The summed E-state index contributed by atoms with van der Waals surface area (Å²) in [7, 11) is 2.77. The largest absolute Gasteiger partial charge is 0.496 e. The van der Waals surface area contributed by atoms with Crippen molar-refractivity contribution >= 4 is 11.9 Å². The lowest BCUT2D eigenvalue weighted by Crippen LogP contribution is -2.28. The second-order valence-corrected chi connectivity index (χ2v) is 5.81. The molecule has 1 N–H and O–H groups in total. The summed E-state index contributed by atoms with van der Waals surface area (Å²) in [5.41, 5.74) is 1.84. The van der Waals surface area contributed by atoms with E-state index in [9.17, 15) is 9.59 Å². The third-order valence-corrected chi connectivity index (χ3v) is 3.93. The van der Waals surface area contributed by atoms with E-state index in [1.54, 1.807) is 18.2 Å². The van der Waals surface area contributed by atoms with Crippen LogP contribution in [0.4, 0.5) is 0 Å². The first-order valence-corrected chi connectivity index (χ1v) is 8.46. The number of hydrogen-bond acceptors (Lipinski definition) is 7. The molecule has 3 aromatic rings. The number of tetrazole rings is 1. The molecule has 0 bridgehead atoms. The Labute approximate surface area is 161 Å². The van der Waals surface area contributed by atoms with Crippen molar-refractivity contribution in [1.82, 2.24) is 25.5 Å². The Balaban J connectivity index is 1.60. The van der Waals surface area contributed by atoms with Crippen LogP contribution in [-0.4, -0.2) is 46.3 Å². The van der Waals surface area contributed by atoms with E-state index in [-0.39, 0.29) is 19.0 Å². The predicted octanol–water partition coefficient (Wildman–Crippen LogP) is 1.45. The number of esters is 1. The van der Waals surface area contributed by atoms with Crippen molar-refractivity contribution in [3.63, 3.8) is 0 Å². The van der Waals surface area contributed by atoms with E-state index in [0.29, 0.717) is 17.1 Å². The van der Waals surface area contributed by atoms with Gasteiger partial charge in [-0.15, -0.1) is 10.2 Å². The van der Waals surface area contributed by atoms with E-state index in [4.69, 9.17) is 9.47 Å². The fourth-order valence-corrected chi connectivity index (χ4v) is 2.53. The number of carbonyl (C=O) groups is 2. The third kappa shape index (κ3) is 4.50. The fourth-order valence-electron chi connectivity index (χ4n) is 2.53. The Morgan fingerprint density at radius 3 is 2.61 bits per heavy atom. The van der Waals surface area contributed by atoms with Crippen LogP contribution in [0.25, 0.3) is 11.4 Å². The number of nitrogens with one attached hydrogen (secondary N) is 1. The van der Waals surface area contributed by atoms with Crippen molar-refractivity contribution < 1.29 is 19.1 Å². The molecule has 0 saturated carbocycles. The Bertz CT molecular complexity index is 971. The minimum absolute atomic E-state index is 0.0696. The smallest absolute Gasteiger partial charge is 0.341 e. The summed E-state index contributed by atoms with van der Waals surface area (Å²) < 4.78 is 9.90. The maximum Gasteiger partial charge on any atom is 0.341 e. The third-order valence-electron chi connectivity index (χ3n) is 3.93. The molecule has 144 valence electrons. The van der Waals surface area contributed by atoms with Gasteiger partial charge in [-0.3, -0.25) is 4.79 Å². The Morgan fingerprint density at radius 1 is 1.11 bits per heavy atom. The van der Waals surface area contributed by atoms with Crippen LogP contribution in [0.3, 0.4) is 0 Å². The molecular formula is C19H19N5O4. The van der Waals surface area contributed by atoms with Crippen LogP contribution in [0.2, 0.25) is 0 Å². The minimum atomic E-state index is -0.509. The number of hydrogen-bond donors (Lipinski definition) is 1. The molecule has 9 nitrogen and oxygen atoms in total. The first-order chi connectivity index (χ1) is 13.6. The van der Waals surface area contributed by atoms with Crippen LogP contribution in [-0.2, 0) is 22.6 Å². The molecule has 0 radical (unpaired) electrons. The number of benzene rings is 2. The van der Waals surface area contributed by atoms with Gasteiger partial charge in [0.1, 0.15) is 17.9 Å². The van der Waals surface area contributed by atoms with Crippen molar-refractivity contribution in [2.24, 2.45) is 0 Å². The van der Waals surface area contributed by atoms with Crippen molar-refractivity contribution in [2.45, 2.75) is 13.1 Å². The Morgan fingerprint density at radius 2 is 1.89 bits per heavy atom. The average Bonchev–Trinajstić information content (AvgIpc) is 3.20. The van der Waals surface area contributed by atoms with Gasteiger partial charge >= 0.3 is 5.97 Å². The molecule has 0 saturated heterocycles. The van der Waals surface area contributed by atoms with E-state index < -0.39 is 5.97 Å². The van der Waals surface area contributed by atoms with Gasteiger partial charge in [0, 0.05) is 12.1 Å². The fraction of sp³-hybridized carbons (Fsp3) is 0.211. The van der Waals surface area contributed by atoms with Gasteiger partial charge in [-0.25, -0.2) is 4.79 Å². The first-order valence-electron chi connectivity index (χ1n) is 8.46. The molecule has 1 aromatic heterocycles. The SMILES string of the molecule is COC(=O)c1cc(CNC(=O)Cn2nnc(-c3ccccc3)n2)ccc1OC. The molecule has 28 heavy (non-hydrogen) atoms. The number of aromatic nitrogens is 4. The van der Waals surface area contributed by atoms with Crippen LogP contribution in [0.15, 0.2) is 48.5 Å². The maximum absolute atomic E-state index is 12.2.